The molecule has 0 saturated carbocycles. The lowest BCUT2D eigenvalue weighted by atomic mass is 9.88. The third-order valence-corrected chi connectivity index (χ3v) is 5.98. The van der Waals surface area contributed by atoms with Crippen molar-refractivity contribution < 1.29 is 23.1 Å². The maximum atomic E-state index is 13.2. The van der Waals surface area contributed by atoms with Crippen LogP contribution < -0.4 is 10.2 Å². The summed E-state index contributed by atoms with van der Waals surface area (Å²) in [4.78, 5) is 18.3. The van der Waals surface area contributed by atoms with Crippen molar-refractivity contribution in [3.05, 3.63) is 58.8 Å². The summed E-state index contributed by atoms with van der Waals surface area (Å²) in [5.74, 6) is -0.133. The molecule has 32 heavy (non-hydrogen) atoms. The van der Waals surface area contributed by atoms with Crippen LogP contribution in [0.3, 0.4) is 0 Å². The molecule has 5 nitrogen and oxygen atoms in total. The number of aliphatic hydroxyl groups is 1. The van der Waals surface area contributed by atoms with Gasteiger partial charge in [0.1, 0.15) is 11.5 Å². The van der Waals surface area contributed by atoms with Crippen molar-refractivity contribution in [1.29, 1.82) is 0 Å². The number of aromatic nitrogens is 1. The Labute approximate surface area is 185 Å². The van der Waals surface area contributed by atoms with Crippen LogP contribution in [0.25, 0.3) is 6.08 Å². The highest BCUT2D eigenvalue weighted by Crippen LogP contribution is 2.32. The number of rotatable bonds is 4. The summed E-state index contributed by atoms with van der Waals surface area (Å²) in [5, 5.41) is 12.8. The fraction of sp³-hybridized carbons (Fsp3) is 0.417. The van der Waals surface area contributed by atoms with Crippen LogP contribution in [-0.4, -0.2) is 35.2 Å². The predicted octanol–water partition coefficient (Wildman–Crippen LogP) is 4.59. The summed E-state index contributed by atoms with van der Waals surface area (Å²) in [6, 6.07) is 7.96. The molecule has 2 N–H and O–H groups in total. The molecule has 1 aliphatic carbocycles. The van der Waals surface area contributed by atoms with Gasteiger partial charge < -0.3 is 15.3 Å². The first kappa shape index (κ1) is 22.3. The van der Waals surface area contributed by atoms with Crippen LogP contribution in [0, 0.1) is 0 Å². The lowest BCUT2D eigenvalue weighted by Crippen LogP contribution is -2.31. The Balaban J connectivity index is 1.56. The highest BCUT2D eigenvalue weighted by Gasteiger charge is 2.33. The van der Waals surface area contributed by atoms with Gasteiger partial charge in [-0.3, -0.25) is 4.79 Å². The van der Waals surface area contributed by atoms with Crippen LogP contribution in [0.5, 0.6) is 0 Å². The Kier molecular flexibility index (Phi) is 6.50. The number of alkyl halides is 3. The number of halogens is 3. The summed E-state index contributed by atoms with van der Waals surface area (Å²) < 4.78 is 39.6. The SMILES string of the molecule is O=C(C=Cc1ccc(C(F)(F)F)nc1N1CCCCC1)Nc1cccc2c1C[C@@H](O)CC2. The van der Waals surface area contributed by atoms with Crippen LogP contribution >= 0.6 is 0 Å². The van der Waals surface area contributed by atoms with Crippen LogP contribution in [0.1, 0.15) is 48.1 Å². The summed E-state index contributed by atoms with van der Waals surface area (Å²) in [6.45, 7) is 1.28. The highest BCUT2D eigenvalue weighted by atomic mass is 19.4. The summed E-state index contributed by atoms with van der Waals surface area (Å²) in [7, 11) is 0. The number of fused-ring (bicyclic) bond motifs is 1. The highest BCUT2D eigenvalue weighted by molar-refractivity contribution is 6.02. The molecule has 0 bridgehead atoms. The van der Waals surface area contributed by atoms with E-state index in [0.717, 1.165) is 42.9 Å². The van der Waals surface area contributed by atoms with E-state index in [1.165, 1.54) is 18.2 Å². The van der Waals surface area contributed by atoms with Gasteiger partial charge in [0.05, 0.1) is 6.10 Å². The summed E-state index contributed by atoms with van der Waals surface area (Å²) >= 11 is 0. The first-order chi connectivity index (χ1) is 15.3. The van der Waals surface area contributed by atoms with E-state index in [9.17, 15) is 23.1 Å². The Morgan fingerprint density at radius 1 is 1.16 bits per heavy atom. The van der Waals surface area contributed by atoms with Crippen molar-refractivity contribution in [3.8, 4) is 0 Å². The topological polar surface area (TPSA) is 65.5 Å². The molecule has 0 unspecified atom stereocenters. The van der Waals surface area contributed by atoms with E-state index in [2.05, 4.69) is 10.3 Å². The number of carbonyl (C=O) groups is 1. The second-order valence-corrected chi connectivity index (χ2v) is 8.32. The molecule has 1 saturated heterocycles. The third kappa shape index (κ3) is 5.12. The standard InChI is InChI=1S/C24H26F3N3O2/c25-24(26,27)21-11-8-17(23(29-21)30-13-2-1-3-14-30)9-12-22(32)28-20-6-4-5-16-7-10-18(31)15-19(16)20/h4-6,8-9,11-12,18,31H,1-3,7,10,13-15H2,(H,28,32)/t18-/m0/s1. The Morgan fingerprint density at radius 2 is 1.94 bits per heavy atom. The first-order valence-corrected chi connectivity index (χ1v) is 10.9. The number of aryl methyl sites for hydroxylation is 1. The van der Waals surface area contributed by atoms with Gasteiger partial charge in [-0.15, -0.1) is 0 Å². The molecule has 4 rings (SSSR count). The molecule has 1 aromatic heterocycles. The minimum atomic E-state index is -4.53. The number of piperidine rings is 1. The van der Waals surface area contributed by atoms with Crippen LogP contribution in [0.15, 0.2) is 36.4 Å². The largest absolute Gasteiger partial charge is 0.433 e. The number of hydrogen-bond acceptors (Lipinski definition) is 4. The molecule has 2 aromatic rings. The molecule has 170 valence electrons. The Morgan fingerprint density at radius 3 is 2.69 bits per heavy atom. The number of amides is 1. The number of aliphatic hydroxyl groups excluding tert-OH is 1. The molecule has 0 spiro atoms. The molecule has 1 amide bonds. The fourth-order valence-corrected chi connectivity index (χ4v) is 4.33. The average molecular weight is 445 g/mol. The number of benzene rings is 1. The average Bonchev–Trinajstić information content (AvgIpc) is 2.78. The zero-order valence-electron chi connectivity index (χ0n) is 17.7. The van der Waals surface area contributed by atoms with Crippen molar-refractivity contribution >= 4 is 23.5 Å². The number of anilines is 2. The number of nitrogens with zero attached hydrogens (tertiary/aromatic N) is 2. The molecule has 1 atom stereocenters. The van der Waals surface area contributed by atoms with Gasteiger partial charge in [-0.1, -0.05) is 12.1 Å². The van der Waals surface area contributed by atoms with Crippen LogP contribution in [0.4, 0.5) is 24.7 Å². The van der Waals surface area contributed by atoms with Gasteiger partial charge in [0.2, 0.25) is 5.91 Å². The Hall–Kier alpha value is -2.87. The minimum absolute atomic E-state index is 0.254. The molecule has 1 fully saturated rings. The van der Waals surface area contributed by atoms with Gasteiger partial charge in [0.25, 0.3) is 0 Å². The zero-order chi connectivity index (χ0) is 22.7. The second kappa shape index (κ2) is 9.32. The van der Waals surface area contributed by atoms with Crippen molar-refractivity contribution in [2.45, 2.75) is 50.8 Å². The zero-order valence-corrected chi connectivity index (χ0v) is 17.7. The van der Waals surface area contributed by atoms with Gasteiger partial charge in [0.15, 0.2) is 0 Å². The van der Waals surface area contributed by atoms with Crippen molar-refractivity contribution in [2.75, 3.05) is 23.3 Å². The molecule has 0 radical (unpaired) electrons. The van der Waals surface area contributed by atoms with E-state index in [-0.39, 0.29) is 11.7 Å². The number of carbonyl (C=O) groups excluding carboxylic acids is 1. The normalized spacial score (nSPS) is 19.1. The van der Waals surface area contributed by atoms with Gasteiger partial charge in [-0.25, -0.2) is 4.98 Å². The molecular formula is C24H26F3N3O2. The lowest BCUT2D eigenvalue weighted by Gasteiger charge is -2.29. The Bertz CT molecular complexity index is 1010. The van der Waals surface area contributed by atoms with E-state index >= 15 is 0 Å². The van der Waals surface area contributed by atoms with E-state index in [1.807, 2.05) is 17.0 Å². The van der Waals surface area contributed by atoms with E-state index in [1.54, 1.807) is 6.07 Å². The maximum Gasteiger partial charge on any atom is 0.433 e. The molecule has 2 heterocycles. The minimum Gasteiger partial charge on any atom is -0.393 e. The smallest absolute Gasteiger partial charge is 0.393 e. The van der Waals surface area contributed by atoms with Crippen molar-refractivity contribution in [2.24, 2.45) is 0 Å². The monoisotopic (exact) mass is 445 g/mol. The van der Waals surface area contributed by atoms with Gasteiger partial charge in [-0.2, -0.15) is 13.2 Å². The molecule has 2 aliphatic rings. The summed E-state index contributed by atoms with van der Waals surface area (Å²) in [6.07, 6.45) is 2.64. The summed E-state index contributed by atoms with van der Waals surface area (Å²) in [5.41, 5.74) is 2.22. The molecule has 1 aromatic carbocycles. The van der Waals surface area contributed by atoms with E-state index < -0.39 is 18.0 Å². The lowest BCUT2D eigenvalue weighted by molar-refractivity contribution is -0.141. The van der Waals surface area contributed by atoms with Gasteiger partial charge in [-0.05, 0) is 67.5 Å². The van der Waals surface area contributed by atoms with Gasteiger partial charge >= 0.3 is 6.18 Å². The second-order valence-electron chi connectivity index (χ2n) is 8.32. The van der Waals surface area contributed by atoms with Crippen LogP contribution in [0.2, 0.25) is 0 Å². The van der Waals surface area contributed by atoms with Crippen molar-refractivity contribution in [1.82, 2.24) is 4.98 Å². The van der Waals surface area contributed by atoms with Crippen LogP contribution in [-0.2, 0) is 23.8 Å². The third-order valence-electron chi connectivity index (χ3n) is 5.98. The molecule has 8 heteroatoms. The first-order valence-electron chi connectivity index (χ1n) is 10.9. The molecule has 1 aliphatic heterocycles. The number of pyridine rings is 1. The maximum absolute atomic E-state index is 13.2. The number of hydrogen-bond donors (Lipinski definition) is 2. The predicted molar refractivity (Wildman–Crippen MR) is 117 cm³/mol. The number of nitrogens with one attached hydrogen (secondary N) is 1. The van der Waals surface area contributed by atoms with Crippen molar-refractivity contribution in [3.63, 3.8) is 0 Å². The van der Waals surface area contributed by atoms with Gasteiger partial charge in [0, 0.05) is 36.8 Å². The van der Waals surface area contributed by atoms with E-state index in [4.69, 9.17) is 0 Å². The fourth-order valence-electron chi connectivity index (χ4n) is 4.33. The molecular weight excluding hydrogens is 419 g/mol. The quantitative estimate of drug-likeness (QED) is 0.676. The van der Waals surface area contributed by atoms with E-state index in [0.29, 0.717) is 37.2 Å².